The van der Waals surface area contributed by atoms with Gasteiger partial charge >= 0.3 is 0 Å². The second kappa shape index (κ2) is 9.15. The van der Waals surface area contributed by atoms with Crippen LogP contribution in [0.25, 0.3) is 0 Å². The largest absolute Gasteiger partial charge is 0.508 e. The maximum Gasteiger partial charge on any atom is 0.255 e. The number of hydrogen-bond donors (Lipinski definition) is 3. The van der Waals surface area contributed by atoms with Crippen molar-refractivity contribution in [1.29, 1.82) is 0 Å². The van der Waals surface area contributed by atoms with E-state index in [1.807, 2.05) is 0 Å². The number of carbonyl (C=O) groups excluding carboxylic acids is 3. The van der Waals surface area contributed by atoms with Gasteiger partial charge < -0.3 is 24.9 Å². The van der Waals surface area contributed by atoms with Gasteiger partial charge in [-0.2, -0.15) is 13.5 Å². The summed E-state index contributed by atoms with van der Waals surface area (Å²) in [5, 5.41) is 14.9. The number of amides is 2. The van der Waals surface area contributed by atoms with Gasteiger partial charge in [0, 0.05) is 6.42 Å². The topological polar surface area (TPSA) is 118 Å². The summed E-state index contributed by atoms with van der Waals surface area (Å²) in [6, 6.07) is 6.87. The number of ether oxygens (including phenoxy) is 1. The van der Waals surface area contributed by atoms with Crippen LogP contribution in [0.1, 0.15) is 29.8 Å². The van der Waals surface area contributed by atoms with Crippen molar-refractivity contribution in [1.82, 2.24) is 10.6 Å². The SMILES string of the molecule is C[C@H]1OCC(=O)[C@]1(C)NC(=O)[C@H](Cc1ccc(O)cc1)NC(=O)c1ccoc1.S. The van der Waals surface area contributed by atoms with E-state index in [-0.39, 0.29) is 43.6 Å². The third kappa shape index (κ3) is 4.99. The molecule has 2 aromatic rings. The summed E-state index contributed by atoms with van der Waals surface area (Å²) < 4.78 is 10.3. The van der Waals surface area contributed by atoms with Crippen molar-refractivity contribution in [2.45, 2.75) is 38.0 Å². The van der Waals surface area contributed by atoms with Gasteiger partial charge in [0.1, 0.15) is 30.2 Å². The second-order valence-corrected chi connectivity index (χ2v) is 6.98. The molecule has 8 nitrogen and oxygen atoms in total. The Kier molecular flexibility index (Phi) is 7.10. The van der Waals surface area contributed by atoms with E-state index in [2.05, 4.69) is 10.6 Å². The van der Waals surface area contributed by atoms with Crippen LogP contribution in [0, 0.1) is 0 Å². The zero-order valence-corrected chi connectivity index (χ0v) is 17.1. The normalized spacial score (nSPS) is 21.9. The molecule has 1 aliphatic heterocycles. The van der Waals surface area contributed by atoms with Crippen molar-refractivity contribution in [3.8, 4) is 5.75 Å². The number of hydrogen-bond acceptors (Lipinski definition) is 6. The molecule has 0 aliphatic carbocycles. The number of benzene rings is 1. The highest BCUT2D eigenvalue weighted by molar-refractivity contribution is 7.59. The minimum absolute atomic E-state index is 0. The van der Waals surface area contributed by atoms with Gasteiger partial charge in [0.15, 0.2) is 5.78 Å². The van der Waals surface area contributed by atoms with Crippen LogP contribution in [-0.2, 0) is 20.7 Å². The van der Waals surface area contributed by atoms with Crippen LogP contribution in [0.2, 0.25) is 0 Å². The molecule has 0 spiro atoms. The van der Waals surface area contributed by atoms with Crippen LogP contribution in [-0.4, -0.2) is 47.0 Å². The maximum atomic E-state index is 13.0. The summed E-state index contributed by atoms with van der Waals surface area (Å²) in [5.41, 5.74) is -0.147. The first-order valence-corrected chi connectivity index (χ1v) is 8.87. The average molecular weight is 420 g/mol. The first-order chi connectivity index (χ1) is 13.3. The van der Waals surface area contributed by atoms with Gasteiger partial charge in [0.2, 0.25) is 5.91 Å². The molecule has 1 fully saturated rings. The zero-order valence-electron chi connectivity index (χ0n) is 16.1. The molecule has 29 heavy (non-hydrogen) atoms. The quantitative estimate of drug-likeness (QED) is 0.648. The lowest BCUT2D eigenvalue weighted by Crippen LogP contribution is -2.60. The Hall–Kier alpha value is -2.78. The number of rotatable bonds is 6. The Morgan fingerprint density at radius 1 is 1.28 bits per heavy atom. The van der Waals surface area contributed by atoms with E-state index in [1.54, 1.807) is 26.0 Å². The van der Waals surface area contributed by atoms with E-state index < -0.39 is 29.5 Å². The molecule has 0 unspecified atom stereocenters. The van der Waals surface area contributed by atoms with Crippen LogP contribution in [0.15, 0.2) is 47.3 Å². The van der Waals surface area contributed by atoms with Gasteiger partial charge in [-0.05, 0) is 37.6 Å². The number of phenols is 1. The van der Waals surface area contributed by atoms with Gasteiger partial charge in [0.25, 0.3) is 5.91 Å². The molecule has 2 heterocycles. The van der Waals surface area contributed by atoms with Crippen molar-refractivity contribution in [2.75, 3.05) is 6.61 Å². The van der Waals surface area contributed by atoms with Crippen molar-refractivity contribution in [2.24, 2.45) is 0 Å². The van der Waals surface area contributed by atoms with Crippen LogP contribution >= 0.6 is 13.5 Å². The summed E-state index contributed by atoms with van der Waals surface area (Å²) >= 11 is 0. The molecule has 156 valence electrons. The molecule has 0 bridgehead atoms. The van der Waals surface area contributed by atoms with Crippen LogP contribution in [0.3, 0.4) is 0 Å². The molecule has 1 aromatic carbocycles. The third-order valence-electron chi connectivity index (χ3n) is 5.02. The lowest BCUT2D eigenvalue weighted by Gasteiger charge is -2.29. The van der Waals surface area contributed by atoms with Gasteiger partial charge in [0.05, 0.1) is 17.9 Å². The van der Waals surface area contributed by atoms with E-state index in [9.17, 15) is 19.5 Å². The number of phenolic OH excluding ortho intramolecular Hbond substituents is 1. The van der Waals surface area contributed by atoms with E-state index in [0.717, 1.165) is 5.56 Å². The Bertz CT molecular complexity index is 868. The van der Waals surface area contributed by atoms with Crippen LogP contribution in [0.4, 0.5) is 0 Å². The molecular formula is C20H24N2O6S. The summed E-state index contributed by atoms with van der Waals surface area (Å²) in [6.07, 6.45) is 2.33. The maximum absolute atomic E-state index is 13.0. The van der Waals surface area contributed by atoms with Crippen molar-refractivity contribution in [3.63, 3.8) is 0 Å². The summed E-state index contributed by atoms with van der Waals surface area (Å²) in [7, 11) is 0. The Balaban J connectivity index is 0.00000300. The molecular weight excluding hydrogens is 396 g/mol. The Labute approximate surface area is 175 Å². The number of carbonyl (C=O) groups is 3. The highest BCUT2D eigenvalue weighted by Gasteiger charge is 2.47. The fourth-order valence-corrected chi connectivity index (χ4v) is 2.97. The Morgan fingerprint density at radius 2 is 1.97 bits per heavy atom. The van der Waals surface area contributed by atoms with E-state index >= 15 is 0 Å². The predicted octanol–water partition coefficient (Wildman–Crippen LogP) is 1.30. The molecule has 1 aliphatic rings. The number of Topliss-reactive ketones (excluding diaryl/α,β-unsaturated/α-hetero) is 1. The number of aromatic hydroxyl groups is 1. The Morgan fingerprint density at radius 3 is 2.52 bits per heavy atom. The fraction of sp³-hybridized carbons (Fsp3) is 0.350. The first kappa shape index (κ1) is 22.5. The van der Waals surface area contributed by atoms with Gasteiger partial charge in [-0.25, -0.2) is 0 Å². The zero-order chi connectivity index (χ0) is 20.3. The molecule has 3 rings (SSSR count). The predicted molar refractivity (Wildman–Crippen MR) is 109 cm³/mol. The highest BCUT2D eigenvalue weighted by atomic mass is 32.1. The van der Waals surface area contributed by atoms with E-state index in [0.29, 0.717) is 0 Å². The molecule has 1 saturated heterocycles. The van der Waals surface area contributed by atoms with Gasteiger partial charge in [-0.3, -0.25) is 14.4 Å². The lowest BCUT2D eigenvalue weighted by molar-refractivity contribution is -0.130. The van der Waals surface area contributed by atoms with Crippen LogP contribution < -0.4 is 10.6 Å². The standard InChI is InChI=1S/C20H22N2O6.H2S/c1-12-20(2,17(24)11-28-12)22-19(26)16(9-13-3-5-15(23)6-4-13)21-18(25)14-7-8-27-10-14;/h3-8,10,12,16,23H,9,11H2,1-2H3,(H,21,25)(H,22,26);1H2/t12-,16+,20-;/m1./s1. The molecule has 2 amide bonds. The summed E-state index contributed by atoms with van der Waals surface area (Å²) in [5.74, 6) is -1.10. The summed E-state index contributed by atoms with van der Waals surface area (Å²) in [4.78, 5) is 37.6. The number of nitrogens with one attached hydrogen (secondary N) is 2. The molecule has 1 aromatic heterocycles. The molecule has 9 heteroatoms. The molecule has 0 saturated carbocycles. The highest BCUT2D eigenvalue weighted by Crippen LogP contribution is 2.22. The third-order valence-corrected chi connectivity index (χ3v) is 5.02. The minimum Gasteiger partial charge on any atom is -0.508 e. The van der Waals surface area contributed by atoms with E-state index in [4.69, 9.17) is 9.15 Å². The van der Waals surface area contributed by atoms with E-state index in [1.165, 1.54) is 30.7 Å². The summed E-state index contributed by atoms with van der Waals surface area (Å²) in [6.45, 7) is 3.26. The molecule has 0 radical (unpaired) electrons. The smallest absolute Gasteiger partial charge is 0.255 e. The monoisotopic (exact) mass is 420 g/mol. The van der Waals surface area contributed by atoms with Crippen molar-refractivity contribution in [3.05, 3.63) is 54.0 Å². The van der Waals surface area contributed by atoms with Gasteiger partial charge in [-0.15, -0.1) is 0 Å². The average Bonchev–Trinajstić information content (AvgIpc) is 3.28. The lowest BCUT2D eigenvalue weighted by atomic mass is 9.92. The van der Waals surface area contributed by atoms with Crippen molar-refractivity contribution < 1.29 is 28.6 Å². The first-order valence-electron chi connectivity index (χ1n) is 8.87. The number of furan rings is 1. The van der Waals surface area contributed by atoms with Gasteiger partial charge in [-0.1, -0.05) is 12.1 Å². The van der Waals surface area contributed by atoms with Crippen LogP contribution in [0.5, 0.6) is 5.75 Å². The fourth-order valence-electron chi connectivity index (χ4n) is 2.97. The molecule has 3 atom stereocenters. The second-order valence-electron chi connectivity index (χ2n) is 6.98. The number of ketones is 1. The minimum atomic E-state index is -1.16. The van der Waals surface area contributed by atoms with Crippen molar-refractivity contribution >= 4 is 31.1 Å². The molecule has 3 N–H and O–H groups in total.